The molecule has 0 spiro atoms. The maximum atomic E-state index is 11.6. The van der Waals surface area contributed by atoms with Crippen molar-refractivity contribution in [3.8, 4) is 0 Å². The highest BCUT2D eigenvalue weighted by atomic mass is 16.5. The molecular weight excluding hydrogens is 196 g/mol. The average molecular weight is 214 g/mol. The van der Waals surface area contributed by atoms with E-state index in [4.69, 9.17) is 9.84 Å². The molecule has 0 saturated heterocycles. The fourth-order valence-corrected chi connectivity index (χ4v) is 2.20. The Hall–Kier alpha value is -1.06. The molecule has 1 aliphatic rings. The molecule has 0 heterocycles. The first-order valence-electron chi connectivity index (χ1n) is 5.36. The van der Waals surface area contributed by atoms with E-state index in [0.29, 0.717) is 6.42 Å². The zero-order chi connectivity index (χ0) is 11.6. The lowest BCUT2D eigenvalue weighted by molar-refractivity contribution is -0.160. The van der Waals surface area contributed by atoms with Crippen LogP contribution in [0.15, 0.2) is 0 Å². The van der Waals surface area contributed by atoms with Gasteiger partial charge in [0.25, 0.3) is 0 Å². The number of aliphatic carboxylic acids is 1. The predicted molar refractivity (Wildman–Crippen MR) is 54.2 cm³/mol. The fourth-order valence-electron chi connectivity index (χ4n) is 2.20. The Labute approximate surface area is 89.6 Å². The maximum Gasteiger partial charge on any atom is 0.310 e. The molecule has 1 aliphatic carbocycles. The van der Waals surface area contributed by atoms with Crippen molar-refractivity contribution >= 4 is 11.9 Å². The van der Waals surface area contributed by atoms with Crippen LogP contribution in [0.4, 0.5) is 0 Å². The van der Waals surface area contributed by atoms with Crippen molar-refractivity contribution < 1.29 is 19.4 Å². The van der Waals surface area contributed by atoms with Crippen LogP contribution in [0, 0.1) is 17.8 Å². The normalized spacial score (nSPS) is 30.5. The standard InChI is InChI=1S/C11H18O4/c1-6(2)15-11(14)8-5-4-7(3)9(8)10(12)13/h6-9H,4-5H2,1-3H3,(H,12,13). The van der Waals surface area contributed by atoms with Crippen LogP contribution < -0.4 is 0 Å². The van der Waals surface area contributed by atoms with E-state index in [9.17, 15) is 9.59 Å². The zero-order valence-corrected chi connectivity index (χ0v) is 9.40. The Morgan fingerprint density at radius 1 is 1.33 bits per heavy atom. The second kappa shape index (κ2) is 4.64. The first-order chi connectivity index (χ1) is 6.93. The molecule has 0 aromatic rings. The van der Waals surface area contributed by atoms with Crippen molar-refractivity contribution in [2.24, 2.45) is 17.8 Å². The summed E-state index contributed by atoms with van der Waals surface area (Å²) in [6.45, 7) is 5.42. The first-order valence-corrected chi connectivity index (χ1v) is 5.36. The number of carboxylic acid groups (broad SMARTS) is 1. The van der Waals surface area contributed by atoms with Crippen molar-refractivity contribution in [1.82, 2.24) is 0 Å². The van der Waals surface area contributed by atoms with Crippen LogP contribution in [0.1, 0.15) is 33.6 Å². The van der Waals surface area contributed by atoms with Crippen molar-refractivity contribution in [1.29, 1.82) is 0 Å². The number of hydrogen-bond donors (Lipinski definition) is 1. The molecule has 4 heteroatoms. The summed E-state index contributed by atoms with van der Waals surface area (Å²) in [5, 5.41) is 9.03. The van der Waals surface area contributed by atoms with Crippen LogP contribution in [0.2, 0.25) is 0 Å². The molecule has 0 radical (unpaired) electrons. The molecule has 0 aromatic heterocycles. The molecule has 0 amide bonds. The zero-order valence-electron chi connectivity index (χ0n) is 9.40. The summed E-state index contributed by atoms with van der Waals surface area (Å²) in [6.07, 6.45) is 1.24. The lowest BCUT2D eigenvalue weighted by atomic mass is 9.90. The van der Waals surface area contributed by atoms with Gasteiger partial charge in [-0.15, -0.1) is 0 Å². The predicted octanol–water partition coefficient (Wildman–Crippen LogP) is 1.68. The quantitative estimate of drug-likeness (QED) is 0.726. The number of carboxylic acids is 1. The van der Waals surface area contributed by atoms with E-state index in [0.717, 1.165) is 6.42 Å². The number of hydrogen-bond acceptors (Lipinski definition) is 3. The summed E-state index contributed by atoms with van der Waals surface area (Å²) in [5.41, 5.74) is 0. The molecule has 86 valence electrons. The fraction of sp³-hybridized carbons (Fsp3) is 0.818. The molecule has 0 aliphatic heterocycles. The van der Waals surface area contributed by atoms with Gasteiger partial charge in [0.15, 0.2) is 0 Å². The van der Waals surface area contributed by atoms with E-state index in [-0.39, 0.29) is 18.0 Å². The molecule has 0 aromatic carbocycles. The summed E-state index contributed by atoms with van der Waals surface area (Å²) in [7, 11) is 0. The second-order valence-corrected chi connectivity index (χ2v) is 4.51. The molecule has 1 rings (SSSR count). The van der Waals surface area contributed by atoms with Crippen molar-refractivity contribution in [2.75, 3.05) is 0 Å². The Morgan fingerprint density at radius 3 is 2.40 bits per heavy atom. The molecule has 1 fully saturated rings. The Morgan fingerprint density at radius 2 is 1.93 bits per heavy atom. The van der Waals surface area contributed by atoms with Crippen LogP contribution in [0.5, 0.6) is 0 Å². The third kappa shape index (κ3) is 2.70. The van der Waals surface area contributed by atoms with Gasteiger partial charge in [-0.2, -0.15) is 0 Å². The van der Waals surface area contributed by atoms with Gasteiger partial charge in [-0.3, -0.25) is 9.59 Å². The van der Waals surface area contributed by atoms with Crippen molar-refractivity contribution in [3.63, 3.8) is 0 Å². The minimum atomic E-state index is -0.884. The van der Waals surface area contributed by atoms with Crippen LogP contribution in [0.25, 0.3) is 0 Å². The minimum absolute atomic E-state index is 0.0622. The summed E-state index contributed by atoms with van der Waals surface area (Å²) >= 11 is 0. The third-order valence-electron chi connectivity index (χ3n) is 2.92. The number of esters is 1. The highest BCUT2D eigenvalue weighted by Crippen LogP contribution is 2.37. The molecule has 1 N–H and O–H groups in total. The SMILES string of the molecule is CC(C)OC(=O)C1CCC(C)C1C(=O)O. The summed E-state index contributed by atoms with van der Waals surface area (Å²) in [6, 6.07) is 0. The third-order valence-corrected chi connectivity index (χ3v) is 2.92. The van der Waals surface area contributed by atoms with Gasteiger partial charge >= 0.3 is 11.9 Å². The highest BCUT2D eigenvalue weighted by molar-refractivity contribution is 5.82. The number of carbonyl (C=O) groups is 2. The van der Waals surface area contributed by atoms with Crippen LogP contribution in [-0.4, -0.2) is 23.1 Å². The van der Waals surface area contributed by atoms with E-state index in [1.165, 1.54) is 0 Å². The topological polar surface area (TPSA) is 63.6 Å². The molecule has 15 heavy (non-hydrogen) atoms. The Kier molecular flexibility index (Phi) is 3.72. The molecule has 3 atom stereocenters. The smallest absolute Gasteiger partial charge is 0.310 e. The summed E-state index contributed by atoms with van der Waals surface area (Å²) in [4.78, 5) is 22.6. The van der Waals surface area contributed by atoms with Gasteiger partial charge in [0.05, 0.1) is 17.9 Å². The van der Waals surface area contributed by atoms with Gasteiger partial charge < -0.3 is 9.84 Å². The monoisotopic (exact) mass is 214 g/mol. The van der Waals surface area contributed by atoms with E-state index in [2.05, 4.69) is 0 Å². The minimum Gasteiger partial charge on any atom is -0.481 e. The van der Waals surface area contributed by atoms with Gasteiger partial charge in [-0.1, -0.05) is 6.92 Å². The number of rotatable bonds is 3. The van der Waals surface area contributed by atoms with Crippen molar-refractivity contribution in [2.45, 2.75) is 39.7 Å². The van der Waals surface area contributed by atoms with Crippen molar-refractivity contribution in [3.05, 3.63) is 0 Å². The molecule has 3 unspecified atom stereocenters. The van der Waals surface area contributed by atoms with E-state index in [1.54, 1.807) is 13.8 Å². The number of ether oxygens (including phenoxy) is 1. The van der Waals surface area contributed by atoms with Gasteiger partial charge in [0.2, 0.25) is 0 Å². The van der Waals surface area contributed by atoms with Crippen LogP contribution >= 0.6 is 0 Å². The summed E-state index contributed by atoms with van der Waals surface area (Å²) in [5.74, 6) is -2.21. The van der Waals surface area contributed by atoms with Gasteiger partial charge in [-0.25, -0.2) is 0 Å². The Balaban J connectivity index is 2.68. The molecule has 1 saturated carbocycles. The molecule has 0 bridgehead atoms. The second-order valence-electron chi connectivity index (χ2n) is 4.51. The van der Waals surface area contributed by atoms with Gasteiger partial charge in [0, 0.05) is 0 Å². The largest absolute Gasteiger partial charge is 0.481 e. The lowest BCUT2D eigenvalue weighted by Crippen LogP contribution is -2.31. The van der Waals surface area contributed by atoms with E-state index < -0.39 is 17.8 Å². The highest BCUT2D eigenvalue weighted by Gasteiger charge is 2.43. The Bertz CT molecular complexity index is 259. The van der Waals surface area contributed by atoms with Gasteiger partial charge in [0.1, 0.15) is 0 Å². The van der Waals surface area contributed by atoms with Gasteiger partial charge in [-0.05, 0) is 32.6 Å². The van der Waals surface area contributed by atoms with E-state index >= 15 is 0 Å². The summed E-state index contributed by atoms with van der Waals surface area (Å²) < 4.78 is 5.06. The first kappa shape index (κ1) is 12.0. The lowest BCUT2D eigenvalue weighted by Gasteiger charge is -2.18. The maximum absolute atomic E-state index is 11.6. The molecule has 4 nitrogen and oxygen atoms in total. The van der Waals surface area contributed by atoms with Crippen LogP contribution in [0.3, 0.4) is 0 Å². The molecular formula is C11H18O4. The number of carbonyl (C=O) groups excluding carboxylic acids is 1. The average Bonchev–Trinajstić information content (AvgIpc) is 2.45. The van der Waals surface area contributed by atoms with Crippen LogP contribution in [-0.2, 0) is 14.3 Å². The van der Waals surface area contributed by atoms with E-state index in [1.807, 2.05) is 6.92 Å².